The molecule has 0 aromatic rings. The quantitative estimate of drug-likeness (QED) is 0.688. The maximum atomic E-state index is 11.7. The van der Waals surface area contributed by atoms with Crippen LogP contribution in [0.1, 0.15) is 32.6 Å². The summed E-state index contributed by atoms with van der Waals surface area (Å²) in [5.41, 5.74) is 0.554. The fourth-order valence-corrected chi connectivity index (χ4v) is 2.63. The zero-order valence-corrected chi connectivity index (χ0v) is 10.6. The SMILES string of the molecule is CC1=CC(=O)N(CCN(C)C2CCCC2)C1=O. The first-order chi connectivity index (χ1) is 8.09. The van der Waals surface area contributed by atoms with Gasteiger partial charge in [-0.3, -0.25) is 14.5 Å². The second-order valence-corrected chi connectivity index (χ2v) is 5.04. The van der Waals surface area contributed by atoms with Crippen LogP contribution in [0.5, 0.6) is 0 Å². The van der Waals surface area contributed by atoms with Crippen molar-refractivity contribution in [2.45, 2.75) is 38.6 Å². The summed E-state index contributed by atoms with van der Waals surface area (Å²) in [5.74, 6) is -0.290. The van der Waals surface area contributed by atoms with Crippen molar-refractivity contribution in [1.29, 1.82) is 0 Å². The van der Waals surface area contributed by atoms with Crippen molar-refractivity contribution in [1.82, 2.24) is 9.80 Å². The van der Waals surface area contributed by atoms with Gasteiger partial charge in [0, 0.05) is 30.8 Å². The Morgan fingerprint density at radius 3 is 2.53 bits per heavy atom. The molecule has 1 saturated carbocycles. The fraction of sp³-hybridized carbons (Fsp3) is 0.692. The molecule has 4 heteroatoms. The molecule has 1 fully saturated rings. The van der Waals surface area contributed by atoms with Gasteiger partial charge in [0.15, 0.2) is 0 Å². The molecule has 0 aromatic carbocycles. The molecule has 0 bridgehead atoms. The Bertz CT molecular complexity index is 356. The van der Waals surface area contributed by atoms with Gasteiger partial charge in [0.25, 0.3) is 11.8 Å². The molecule has 0 saturated heterocycles. The van der Waals surface area contributed by atoms with Crippen molar-refractivity contribution in [2.75, 3.05) is 20.1 Å². The van der Waals surface area contributed by atoms with Gasteiger partial charge in [-0.15, -0.1) is 0 Å². The lowest BCUT2D eigenvalue weighted by Crippen LogP contribution is -2.40. The van der Waals surface area contributed by atoms with Crippen molar-refractivity contribution in [3.8, 4) is 0 Å². The standard InChI is InChI=1S/C13H20N2O2/c1-10-9-12(16)15(13(10)17)8-7-14(2)11-5-3-4-6-11/h9,11H,3-8H2,1-2H3. The van der Waals surface area contributed by atoms with E-state index in [0.717, 1.165) is 6.54 Å². The van der Waals surface area contributed by atoms with Gasteiger partial charge >= 0.3 is 0 Å². The van der Waals surface area contributed by atoms with E-state index in [9.17, 15) is 9.59 Å². The Morgan fingerprint density at radius 2 is 2.00 bits per heavy atom. The molecule has 2 amide bonds. The van der Waals surface area contributed by atoms with E-state index in [1.165, 1.54) is 36.7 Å². The van der Waals surface area contributed by atoms with Gasteiger partial charge < -0.3 is 4.90 Å². The van der Waals surface area contributed by atoms with E-state index in [1.54, 1.807) is 6.92 Å². The predicted octanol–water partition coefficient (Wildman–Crippen LogP) is 1.18. The monoisotopic (exact) mass is 236 g/mol. The third kappa shape index (κ3) is 2.57. The number of carbonyl (C=O) groups excluding carboxylic acids is 2. The van der Waals surface area contributed by atoms with E-state index in [-0.39, 0.29) is 11.8 Å². The van der Waals surface area contributed by atoms with Crippen molar-refractivity contribution in [3.05, 3.63) is 11.6 Å². The number of hydrogen-bond acceptors (Lipinski definition) is 3. The van der Waals surface area contributed by atoms with Crippen molar-refractivity contribution >= 4 is 11.8 Å². The molecule has 0 N–H and O–H groups in total. The second-order valence-electron chi connectivity index (χ2n) is 5.04. The third-order valence-corrected chi connectivity index (χ3v) is 3.81. The molecule has 4 nitrogen and oxygen atoms in total. The van der Waals surface area contributed by atoms with Crippen molar-refractivity contribution < 1.29 is 9.59 Å². The molecule has 0 unspecified atom stereocenters. The highest BCUT2D eigenvalue weighted by Gasteiger charge is 2.28. The molecule has 1 aliphatic heterocycles. The highest BCUT2D eigenvalue weighted by atomic mass is 16.2. The van der Waals surface area contributed by atoms with Gasteiger partial charge in [0.2, 0.25) is 0 Å². The molecule has 94 valence electrons. The van der Waals surface area contributed by atoms with Gasteiger partial charge in [0.1, 0.15) is 0 Å². The van der Waals surface area contributed by atoms with Crippen LogP contribution in [0, 0.1) is 0 Å². The lowest BCUT2D eigenvalue weighted by atomic mass is 10.2. The molecule has 1 aliphatic carbocycles. The lowest BCUT2D eigenvalue weighted by Gasteiger charge is -2.26. The van der Waals surface area contributed by atoms with Crippen LogP contribution in [-0.4, -0.2) is 47.8 Å². The Labute approximate surface area is 102 Å². The van der Waals surface area contributed by atoms with Gasteiger partial charge in [0.05, 0.1) is 0 Å². The Balaban J connectivity index is 1.82. The third-order valence-electron chi connectivity index (χ3n) is 3.81. The zero-order chi connectivity index (χ0) is 12.4. The molecule has 0 aromatic heterocycles. The highest BCUT2D eigenvalue weighted by molar-refractivity contribution is 6.15. The number of hydrogen-bond donors (Lipinski definition) is 0. The summed E-state index contributed by atoms with van der Waals surface area (Å²) in [6.07, 6.45) is 6.53. The van der Waals surface area contributed by atoms with E-state index < -0.39 is 0 Å². The van der Waals surface area contributed by atoms with Crippen LogP contribution in [0.15, 0.2) is 11.6 Å². The summed E-state index contributed by atoms with van der Waals surface area (Å²) in [5, 5.41) is 0. The van der Waals surface area contributed by atoms with Crippen LogP contribution >= 0.6 is 0 Å². The van der Waals surface area contributed by atoms with Crippen LogP contribution in [0.4, 0.5) is 0 Å². The molecule has 2 rings (SSSR count). The molecule has 17 heavy (non-hydrogen) atoms. The van der Waals surface area contributed by atoms with E-state index in [0.29, 0.717) is 18.2 Å². The first-order valence-corrected chi connectivity index (χ1v) is 6.34. The summed E-state index contributed by atoms with van der Waals surface area (Å²) in [7, 11) is 2.08. The Morgan fingerprint density at radius 1 is 1.35 bits per heavy atom. The molecule has 1 heterocycles. The van der Waals surface area contributed by atoms with Crippen LogP contribution in [0.2, 0.25) is 0 Å². The average molecular weight is 236 g/mol. The molecule has 0 atom stereocenters. The maximum absolute atomic E-state index is 11.7. The molecular formula is C13H20N2O2. The minimum Gasteiger partial charge on any atom is -0.302 e. The van der Waals surface area contributed by atoms with Gasteiger partial charge in [-0.1, -0.05) is 12.8 Å². The predicted molar refractivity (Wildman–Crippen MR) is 65.4 cm³/mol. The second kappa shape index (κ2) is 5.00. The van der Waals surface area contributed by atoms with Gasteiger partial charge in [-0.25, -0.2) is 0 Å². The summed E-state index contributed by atoms with van der Waals surface area (Å²) in [6, 6.07) is 0.636. The number of amides is 2. The average Bonchev–Trinajstić information content (AvgIpc) is 2.88. The van der Waals surface area contributed by atoms with E-state index in [2.05, 4.69) is 11.9 Å². The number of carbonyl (C=O) groups is 2. The smallest absolute Gasteiger partial charge is 0.256 e. The minimum absolute atomic E-state index is 0.130. The van der Waals surface area contributed by atoms with Crippen LogP contribution in [-0.2, 0) is 9.59 Å². The number of nitrogens with zero attached hydrogens (tertiary/aromatic N) is 2. The Kier molecular flexibility index (Phi) is 3.62. The molecule has 0 spiro atoms. The maximum Gasteiger partial charge on any atom is 0.256 e. The number of imide groups is 1. The van der Waals surface area contributed by atoms with Gasteiger partial charge in [-0.05, 0) is 26.8 Å². The van der Waals surface area contributed by atoms with Crippen molar-refractivity contribution in [3.63, 3.8) is 0 Å². The molecule has 0 radical (unpaired) electrons. The largest absolute Gasteiger partial charge is 0.302 e. The van der Waals surface area contributed by atoms with Crippen LogP contribution in [0.3, 0.4) is 0 Å². The fourth-order valence-electron chi connectivity index (χ4n) is 2.63. The number of likely N-dealkylation sites (N-methyl/N-ethyl adjacent to an activating group) is 1. The minimum atomic E-state index is -0.160. The first-order valence-electron chi connectivity index (χ1n) is 6.34. The molecule has 2 aliphatic rings. The molecular weight excluding hydrogens is 216 g/mol. The van der Waals surface area contributed by atoms with E-state index >= 15 is 0 Å². The van der Waals surface area contributed by atoms with E-state index in [4.69, 9.17) is 0 Å². The van der Waals surface area contributed by atoms with Crippen LogP contribution in [0.25, 0.3) is 0 Å². The first kappa shape index (κ1) is 12.3. The Hall–Kier alpha value is -1.16. The topological polar surface area (TPSA) is 40.6 Å². The number of rotatable bonds is 4. The lowest BCUT2D eigenvalue weighted by molar-refractivity contribution is -0.137. The van der Waals surface area contributed by atoms with E-state index in [1.807, 2.05) is 0 Å². The zero-order valence-electron chi connectivity index (χ0n) is 10.6. The normalized spacial score (nSPS) is 21.8. The summed E-state index contributed by atoms with van der Waals surface area (Å²) < 4.78 is 0. The van der Waals surface area contributed by atoms with Crippen molar-refractivity contribution in [2.24, 2.45) is 0 Å². The summed E-state index contributed by atoms with van der Waals surface area (Å²) in [6.45, 7) is 2.99. The highest BCUT2D eigenvalue weighted by Crippen LogP contribution is 2.22. The summed E-state index contributed by atoms with van der Waals surface area (Å²) in [4.78, 5) is 26.8. The summed E-state index contributed by atoms with van der Waals surface area (Å²) >= 11 is 0. The van der Waals surface area contributed by atoms with Crippen LogP contribution < -0.4 is 0 Å². The van der Waals surface area contributed by atoms with Gasteiger partial charge in [-0.2, -0.15) is 0 Å².